The van der Waals surface area contributed by atoms with Crippen molar-refractivity contribution in [3.05, 3.63) is 88.1 Å². The summed E-state index contributed by atoms with van der Waals surface area (Å²) >= 11 is 0. The molecule has 8 nitrogen and oxygen atoms in total. The fraction of sp³-hybridized carbons (Fsp3) is 0.227. The van der Waals surface area contributed by atoms with E-state index in [4.69, 9.17) is 4.74 Å². The zero-order valence-corrected chi connectivity index (χ0v) is 17.1. The third kappa shape index (κ3) is 4.12. The quantitative estimate of drug-likeness (QED) is 0.479. The van der Waals surface area contributed by atoms with Crippen molar-refractivity contribution in [3.63, 3.8) is 0 Å². The smallest absolute Gasteiger partial charge is 0.298 e. The molecule has 0 aliphatic rings. The fourth-order valence-electron chi connectivity index (χ4n) is 2.87. The van der Waals surface area contributed by atoms with Crippen LogP contribution in [0.1, 0.15) is 37.6 Å². The van der Waals surface area contributed by atoms with Gasteiger partial charge in [-0.15, -0.1) is 10.2 Å². The molecule has 0 fully saturated rings. The van der Waals surface area contributed by atoms with Crippen LogP contribution >= 0.6 is 0 Å². The first-order valence-electron chi connectivity index (χ1n) is 9.56. The van der Waals surface area contributed by atoms with Crippen LogP contribution in [-0.2, 0) is 12.0 Å². The van der Waals surface area contributed by atoms with E-state index in [0.29, 0.717) is 12.3 Å². The second-order valence-electron chi connectivity index (χ2n) is 7.88. The number of aromatic nitrogens is 5. The summed E-state index contributed by atoms with van der Waals surface area (Å²) in [5.74, 6) is 1.01. The second kappa shape index (κ2) is 7.90. The molecule has 4 rings (SSSR count). The van der Waals surface area contributed by atoms with Crippen LogP contribution in [0.25, 0.3) is 5.78 Å². The van der Waals surface area contributed by atoms with Gasteiger partial charge in [0.25, 0.3) is 11.3 Å². The Bertz CT molecular complexity index is 1230. The number of ether oxygens (including phenoxy) is 1. The molecule has 0 radical (unpaired) electrons. The first kappa shape index (κ1) is 19.5. The van der Waals surface area contributed by atoms with E-state index in [0.717, 1.165) is 16.9 Å². The van der Waals surface area contributed by atoms with Gasteiger partial charge in [0.15, 0.2) is 0 Å². The Labute approximate surface area is 173 Å². The lowest BCUT2D eigenvalue weighted by Gasteiger charge is -2.16. The zero-order chi connectivity index (χ0) is 21.1. The van der Waals surface area contributed by atoms with Crippen LogP contribution in [0.2, 0.25) is 0 Å². The van der Waals surface area contributed by atoms with Crippen LogP contribution in [-0.4, -0.2) is 30.7 Å². The molecular formula is C22H22N6O2. The standard InChI is InChI=1S/C22H22N6O2/c1-22(2,3)19-20(29)28(21-25-23-15-27(21)26-19)24-13-16-9-11-18(12-10-16)30-14-17-7-5-4-6-8-17/h4-13,15H,14H2,1-3H3/b24-13+. The Hall–Kier alpha value is -3.81. The zero-order valence-electron chi connectivity index (χ0n) is 17.1. The van der Waals surface area contributed by atoms with Gasteiger partial charge >= 0.3 is 0 Å². The first-order chi connectivity index (χ1) is 14.4. The molecule has 0 saturated carbocycles. The predicted molar refractivity (Wildman–Crippen MR) is 114 cm³/mol. The lowest BCUT2D eigenvalue weighted by molar-refractivity contribution is 0.306. The number of fused-ring (bicyclic) bond motifs is 1. The van der Waals surface area contributed by atoms with Gasteiger partial charge in [0.1, 0.15) is 24.4 Å². The monoisotopic (exact) mass is 402 g/mol. The summed E-state index contributed by atoms with van der Waals surface area (Å²) < 4.78 is 8.48. The average Bonchev–Trinajstić information content (AvgIpc) is 3.20. The van der Waals surface area contributed by atoms with E-state index in [-0.39, 0.29) is 11.3 Å². The first-order valence-corrected chi connectivity index (χ1v) is 9.56. The molecule has 0 aliphatic carbocycles. The Morgan fingerprint density at radius 2 is 1.80 bits per heavy atom. The van der Waals surface area contributed by atoms with Crippen molar-refractivity contribution in [2.75, 3.05) is 0 Å². The topological polar surface area (TPSA) is 86.7 Å². The number of rotatable bonds is 5. The van der Waals surface area contributed by atoms with E-state index in [1.807, 2.05) is 75.4 Å². The van der Waals surface area contributed by atoms with Crippen LogP contribution < -0.4 is 10.3 Å². The van der Waals surface area contributed by atoms with Gasteiger partial charge in [0.2, 0.25) is 0 Å². The summed E-state index contributed by atoms with van der Waals surface area (Å²) in [5.41, 5.74) is 1.55. The second-order valence-corrected chi connectivity index (χ2v) is 7.88. The summed E-state index contributed by atoms with van der Waals surface area (Å²) in [6.07, 6.45) is 3.05. The molecule has 0 amide bonds. The highest BCUT2D eigenvalue weighted by Crippen LogP contribution is 2.16. The van der Waals surface area contributed by atoms with E-state index < -0.39 is 5.41 Å². The maximum Gasteiger partial charge on any atom is 0.298 e. The van der Waals surface area contributed by atoms with Gasteiger partial charge in [-0.3, -0.25) is 4.79 Å². The van der Waals surface area contributed by atoms with Crippen LogP contribution in [0.5, 0.6) is 5.75 Å². The molecule has 4 aromatic rings. The van der Waals surface area contributed by atoms with Gasteiger partial charge in [-0.25, -0.2) is 0 Å². The molecule has 2 heterocycles. The minimum Gasteiger partial charge on any atom is -0.489 e. The summed E-state index contributed by atoms with van der Waals surface area (Å²) in [6, 6.07) is 17.5. The molecule has 0 spiro atoms. The third-order valence-corrected chi connectivity index (χ3v) is 4.47. The SMILES string of the molecule is CC(C)(C)c1nn2cnnc2n(/N=C/c2ccc(OCc3ccccc3)cc2)c1=O. The van der Waals surface area contributed by atoms with Crippen LogP contribution in [0.3, 0.4) is 0 Å². The summed E-state index contributed by atoms with van der Waals surface area (Å²) in [7, 11) is 0. The molecule has 0 atom stereocenters. The van der Waals surface area contributed by atoms with Crippen molar-refractivity contribution >= 4 is 12.0 Å². The lowest BCUT2D eigenvalue weighted by atomic mass is 9.93. The van der Waals surface area contributed by atoms with E-state index in [1.54, 1.807) is 6.21 Å². The van der Waals surface area contributed by atoms with Crippen molar-refractivity contribution in [1.29, 1.82) is 0 Å². The minimum atomic E-state index is -0.440. The van der Waals surface area contributed by atoms with Gasteiger partial charge in [-0.1, -0.05) is 51.1 Å². The molecule has 0 unspecified atom stereocenters. The van der Waals surface area contributed by atoms with Gasteiger partial charge in [0, 0.05) is 5.41 Å². The Morgan fingerprint density at radius 3 is 2.50 bits per heavy atom. The molecule has 0 aliphatic heterocycles. The molecule has 0 N–H and O–H groups in total. The Kier molecular flexibility index (Phi) is 5.14. The molecule has 0 saturated heterocycles. The predicted octanol–water partition coefficient (Wildman–Crippen LogP) is 3.04. The van der Waals surface area contributed by atoms with Crippen molar-refractivity contribution < 1.29 is 4.74 Å². The van der Waals surface area contributed by atoms with Crippen molar-refractivity contribution in [1.82, 2.24) is 24.5 Å². The van der Waals surface area contributed by atoms with Crippen LogP contribution in [0.4, 0.5) is 0 Å². The number of benzene rings is 2. The highest BCUT2D eigenvalue weighted by atomic mass is 16.5. The maximum absolute atomic E-state index is 12.9. The summed E-state index contributed by atoms with van der Waals surface area (Å²) in [4.78, 5) is 12.9. The molecule has 30 heavy (non-hydrogen) atoms. The molecule has 0 bridgehead atoms. The van der Waals surface area contributed by atoms with Crippen molar-refractivity contribution in [2.24, 2.45) is 5.10 Å². The highest BCUT2D eigenvalue weighted by molar-refractivity contribution is 5.79. The van der Waals surface area contributed by atoms with Gasteiger partial charge < -0.3 is 4.74 Å². The average molecular weight is 402 g/mol. The highest BCUT2D eigenvalue weighted by Gasteiger charge is 2.23. The molecule has 2 aromatic heterocycles. The Balaban J connectivity index is 1.57. The van der Waals surface area contributed by atoms with E-state index in [2.05, 4.69) is 20.4 Å². The van der Waals surface area contributed by atoms with Crippen LogP contribution in [0.15, 0.2) is 70.8 Å². The molecule has 2 aromatic carbocycles. The Morgan fingerprint density at radius 1 is 1.07 bits per heavy atom. The third-order valence-electron chi connectivity index (χ3n) is 4.47. The van der Waals surface area contributed by atoms with E-state index in [1.165, 1.54) is 15.5 Å². The number of hydrogen-bond donors (Lipinski definition) is 0. The van der Waals surface area contributed by atoms with Crippen molar-refractivity contribution in [3.8, 4) is 5.75 Å². The largest absolute Gasteiger partial charge is 0.489 e. The molecule has 8 heteroatoms. The normalized spacial score (nSPS) is 12.0. The lowest BCUT2D eigenvalue weighted by Crippen LogP contribution is -2.33. The fourth-order valence-corrected chi connectivity index (χ4v) is 2.87. The van der Waals surface area contributed by atoms with Gasteiger partial charge in [0.05, 0.1) is 6.21 Å². The summed E-state index contributed by atoms with van der Waals surface area (Å²) in [5, 5.41) is 16.5. The molecule has 152 valence electrons. The maximum atomic E-state index is 12.9. The van der Waals surface area contributed by atoms with Crippen molar-refractivity contribution in [2.45, 2.75) is 32.8 Å². The summed E-state index contributed by atoms with van der Waals surface area (Å²) in [6.45, 7) is 6.28. The molecular weight excluding hydrogens is 380 g/mol. The van der Waals surface area contributed by atoms with Gasteiger partial charge in [-0.2, -0.15) is 19.4 Å². The van der Waals surface area contributed by atoms with E-state index in [9.17, 15) is 4.79 Å². The minimum absolute atomic E-state index is 0.257. The number of nitrogens with zero attached hydrogens (tertiary/aromatic N) is 6. The van der Waals surface area contributed by atoms with Gasteiger partial charge in [-0.05, 0) is 35.4 Å². The number of hydrogen-bond acceptors (Lipinski definition) is 6. The van der Waals surface area contributed by atoms with Crippen LogP contribution in [0, 0.1) is 0 Å². The van der Waals surface area contributed by atoms with E-state index >= 15 is 0 Å².